The largest absolute Gasteiger partial charge is 0.497 e. The Morgan fingerprint density at radius 3 is 2.74 bits per heavy atom. The van der Waals surface area contributed by atoms with Crippen molar-refractivity contribution >= 4 is 21.7 Å². The average molecular weight is 323 g/mol. The number of aromatic nitrogens is 2. The summed E-state index contributed by atoms with van der Waals surface area (Å²) in [4.78, 5) is 12.3. The van der Waals surface area contributed by atoms with Crippen molar-refractivity contribution in [1.82, 2.24) is 9.78 Å². The molecule has 0 saturated heterocycles. The number of methoxy groups -OCH3 is 1. The fourth-order valence-electron chi connectivity index (χ4n) is 1.95. The fourth-order valence-corrected chi connectivity index (χ4v) is 2.34. The number of halogens is 1. The summed E-state index contributed by atoms with van der Waals surface area (Å²) in [5.41, 5.74) is 2.37. The van der Waals surface area contributed by atoms with Crippen LogP contribution >= 0.6 is 15.9 Å². The molecular weight excluding hydrogens is 308 g/mol. The fraction of sp³-hybridized carbons (Fsp3) is 0.286. The third kappa shape index (κ3) is 3.04. The van der Waals surface area contributed by atoms with Gasteiger partial charge in [-0.05, 0) is 36.8 Å². The Bertz CT molecular complexity index is 620. The molecule has 2 rings (SSSR count). The Hall–Kier alpha value is -1.62. The van der Waals surface area contributed by atoms with Crippen molar-refractivity contribution in [2.45, 2.75) is 13.3 Å². The van der Waals surface area contributed by atoms with Crippen LogP contribution in [0.25, 0.3) is 0 Å². The van der Waals surface area contributed by atoms with Gasteiger partial charge < -0.3 is 4.74 Å². The van der Waals surface area contributed by atoms with Crippen LogP contribution in [0.5, 0.6) is 5.75 Å². The van der Waals surface area contributed by atoms with Gasteiger partial charge in [0.2, 0.25) is 0 Å². The van der Waals surface area contributed by atoms with Gasteiger partial charge >= 0.3 is 0 Å². The molecule has 0 saturated carbocycles. The Morgan fingerprint density at radius 2 is 2.16 bits per heavy atom. The number of ketones is 1. The monoisotopic (exact) mass is 322 g/mol. The van der Waals surface area contributed by atoms with E-state index in [1.807, 2.05) is 25.1 Å². The summed E-state index contributed by atoms with van der Waals surface area (Å²) < 4.78 is 7.70. The second-order valence-electron chi connectivity index (χ2n) is 4.35. The smallest absolute Gasteiger partial charge is 0.185 e. The number of Topliss-reactive ketones (excluding diaryl/α,β-unsaturated/α-hetero) is 1. The lowest BCUT2D eigenvalue weighted by Gasteiger charge is -2.07. The Morgan fingerprint density at radius 1 is 1.42 bits per heavy atom. The number of hydrogen-bond donors (Lipinski definition) is 0. The zero-order valence-electron chi connectivity index (χ0n) is 11.1. The van der Waals surface area contributed by atoms with Crippen LogP contribution in [0.2, 0.25) is 0 Å². The van der Waals surface area contributed by atoms with E-state index in [0.29, 0.717) is 12.1 Å². The van der Waals surface area contributed by atoms with E-state index in [1.54, 1.807) is 24.9 Å². The van der Waals surface area contributed by atoms with Gasteiger partial charge in [-0.3, -0.25) is 9.48 Å². The van der Waals surface area contributed by atoms with Crippen LogP contribution in [0.15, 0.2) is 28.7 Å². The molecule has 0 spiro atoms. The molecule has 5 heteroatoms. The summed E-state index contributed by atoms with van der Waals surface area (Å²) in [5, 5.41) is 4.19. The van der Waals surface area contributed by atoms with E-state index in [2.05, 4.69) is 21.0 Å². The minimum Gasteiger partial charge on any atom is -0.497 e. The molecule has 0 N–H and O–H groups in total. The number of rotatable bonds is 4. The zero-order valence-corrected chi connectivity index (χ0v) is 12.7. The van der Waals surface area contributed by atoms with Crippen LogP contribution in [0, 0.1) is 6.92 Å². The van der Waals surface area contributed by atoms with Crippen LogP contribution in [-0.4, -0.2) is 22.7 Å². The van der Waals surface area contributed by atoms with Gasteiger partial charge in [-0.15, -0.1) is 0 Å². The predicted octanol–water partition coefficient (Wildman–Crippen LogP) is 2.93. The van der Waals surface area contributed by atoms with Crippen LogP contribution < -0.4 is 4.74 Å². The van der Waals surface area contributed by atoms with Gasteiger partial charge in [0.1, 0.15) is 11.4 Å². The van der Waals surface area contributed by atoms with Crippen molar-refractivity contribution in [1.29, 1.82) is 0 Å². The molecular formula is C14H15BrN2O2. The summed E-state index contributed by atoms with van der Waals surface area (Å²) in [6.07, 6.45) is 0.316. The van der Waals surface area contributed by atoms with Crippen molar-refractivity contribution in [3.8, 4) is 5.75 Å². The molecule has 4 nitrogen and oxygen atoms in total. The molecule has 0 radical (unpaired) electrons. The Balaban J connectivity index is 2.26. The minimum atomic E-state index is 0.0389. The molecule has 0 amide bonds. The molecule has 1 heterocycles. The van der Waals surface area contributed by atoms with Gasteiger partial charge in [0.15, 0.2) is 5.78 Å². The third-order valence-corrected chi connectivity index (χ3v) is 3.67. The predicted molar refractivity (Wildman–Crippen MR) is 76.7 cm³/mol. The van der Waals surface area contributed by atoms with E-state index in [4.69, 9.17) is 4.74 Å². The highest BCUT2D eigenvalue weighted by Gasteiger charge is 2.14. The van der Waals surface area contributed by atoms with Gasteiger partial charge in [0, 0.05) is 17.9 Å². The minimum absolute atomic E-state index is 0.0389. The van der Waals surface area contributed by atoms with E-state index in [9.17, 15) is 4.79 Å². The maximum atomic E-state index is 12.3. The first-order valence-electron chi connectivity index (χ1n) is 5.87. The highest BCUT2D eigenvalue weighted by molar-refractivity contribution is 9.10. The van der Waals surface area contributed by atoms with Crippen LogP contribution in [-0.2, 0) is 13.5 Å². The van der Waals surface area contributed by atoms with E-state index >= 15 is 0 Å². The van der Waals surface area contributed by atoms with E-state index < -0.39 is 0 Å². The van der Waals surface area contributed by atoms with Gasteiger partial charge in [0.25, 0.3) is 0 Å². The van der Waals surface area contributed by atoms with E-state index in [1.165, 1.54) is 0 Å². The first-order chi connectivity index (χ1) is 9.01. The SMILES string of the molecule is COc1ccc(Br)c(CC(=O)c2cc(C)nn2C)c1. The third-order valence-electron chi connectivity index (χ3n) is 2.89. The number of carbonyl (C=O) groups excluding carboxylic acids is 1. The normalized spacial score (nSPS) is 10.5. The molecule has 0 aliphatic rings. The van der Waals surface area contributed by atoms with E-state index in [-0.39, 0.29) is 5.78 Å². The number of ether oxygens (including phenoxy) is 1. The van der Waals surface area contributed by atoms with Crippen LogP contribution in [0.1, 0.15) is 21.7 Å². The zero-order chi connectivity index (χ0) is 14.0. The van der Waals surface area contributed by atoms with Crippen molar-refractivity contribution in [2.75, 3.05) is 7.11 Å². The number of hydrogen-bond acceptors (Lipinski definition) is 3. The lowest BCUT2D eigenvalue weighted by atomic mass is 10.1. The lowest BCUT2D eigenvalue weighted by molar-refractivity contribution is 0.0984. The maximum Gasteiger partial charge on any atom is 0.185 e. The van der Waals surface area contributed by atoms with Crippen LogP contribution in [0.4, 0.5) is 0 Å². The lowest BCUT2D eigenvalue weighted by Crippen LogP contribution is -2.10. The summed E-state index contributed by atoms with van der Waals surface area (Å²) >= 11 is 3.45. The molecule has 1 aromatic carbocycles. The highest BCUT2D eigenvalue weighted by atomic mass is 79.9. The van der Waals surface area contributed by atoms with Gasteiger partial charge in [-0.1, -0.05) is 15.9 Å². The second-order valence-corrected chi connectivity index (χ2v) is 5.21. The number of aryl methyl sites for hydroxylation is 2. The average Bonchev–Trinajstić information content (AvgIpc) is 2.71. The van der Waals surface area contributed by atoms with Crippen molar-refractivity contribution in [2.24, 2.45) is 7.05 Å². The second kappa shape index (κ2) is 5.57. The first kappa shape index (κ1) is 13.8. The molecule has 100 valence electrons. The number of carbonyl (C=O) groups is 1. The maximum absolute atomic E-state index is 12.3. The molecule has 2 aromatic rings. The van der Waals surface area contributed by atoms with Gasteiger partial charge in [0.05, 0.1) is 12.8 Å². The summed E-state index contributed by atoms with van der Waals surface area (Å²) in [7, 11) is 3.39. The number of benzene rings is 1. The molecule has 0 unspecified atom stereocenters. The first-order valence-corrected chi connectivity index (χ1v) is 6.67. The molecule has 0 aliphatic carbocycles. The molecule has 0 aliphatic heterocycles. The van der Waals surface area contributed by atoms with Gasteiger partial charge in [-0.25, -0.2) is 0 Å². The molecule has 1 aromatic heterocycles. The summed E-state index contributed by atoms with van der Waals surface area (Å²) in [6.45, 7) is 1.87. The van der Waals surface area contributed by atoms with Crippen LogP contribution in [0.3, 0.4) is 0 Å². The molecule has 0 atom stereocenters. The van der Waals surface area contributed by atoms with Gasteiger partial charge in [-0.2, -0.15) is 5.10 Å². The van der Waals surface area contributed by atoms with Crippen molar-refractivity contribution in [3.05, 3.63) is 45.7 Å². The standard InChI is InChI=1S/C14H15BrN2O2/c1-9-6-13(17(2)16-9)14(18)8-10-7-11(19-3)4-5-12(10)15/h4-7H,8H2,1-3H3. The molecule has 19 heavy (non-hydrogen) atoms. The summed E-state index contributed by atoms with van der Waals surface area (Å²) in [6, 6.07) is 7.41. The highest BCUT2D eigenvalue weighted by Crippen LogP contribution is 2.24. The van der Waals surface area contributed by atoms with Crippen molar-refractivity contribution in [3.63, 3.8) is 0 Å². The Kier molecular flexibility index (Phi) is 4.04. The van der Waals surface area contributed by atoms with Crippen molar-refractivity contribution < 1.29 is 9.53 Å². The molecule has 0 bridgehead atoms. The molecule has 0 fully saturated rings. The quantitative estimate of drug-likeness (QED) is 0.813. The van der Waals surface area contributed by atoms with E-state index in [0.717, 1.165) is 21.5 Å². The topological polar surface area (TPSA) is 44.1 Å². The number of nitrogens with zero attached hydrogens (tertiary/aromatic N) is 2. The Labute approximate surface area is 120 Å². The summed E-state index contributed by atoms with van der Waals surface area (Å²) in [5.74, 6) is 0.782.